The zero-order valence-electron chi connectivity index (χ0n) is 20.4. The van der Waals surface area contributed by atoms with Crippen molar-refractivity contribution in [1.29, 1.82) is 0 Å². The third-order valence-electron chi connectivity index (χ3n) is 6.40. The Morgan fingerprint density at radius 1 is 1.26 bits per heavy atom. The van der Waals surface area contributed by atoms with Crippen LogP contribution in [0.25, 0.3) is 10.6 Å². The molecule has 2 atom stereocenters. The fraction of sp³-hybridized carbons (Fsp3) is 0.455. The van der Waals surface area contributed by atoms with E-state index in [1.165, 1.54) is 23.2 Å². The van der Waals surface area contributed by atoms with E-state index in [1.807, 2.05) is 0 Å². The number of nitrogens with zero attached hydrogens (tertiary/aromatic N) is 5. The van der Waals surface area contributed by atoms with Crippen molar-refractivity contribution in [2.24, 2.45) is 7.05 Å². The summed E-state index contributed by atoms with van der Waals surface area (Å²) in [6.07, 6.45) is -3.18. The SMILES string of the molecule is Cn1cnc(S(=O)(=O)N2CC[C@H](Nc3ncc(C(F)(F)F)c(-c4cc5c(s4)C(C)(C)NC5=O)n3)[C@H](F)C2)c1. The highest BCUT2D eigenvalue weighted by Gasteiger charge is 2.41. The van der Waals surface area contributed by atoms with Gasteiger partial charge in [0, 0.05) is 37.4 Å². The summed E-state index contributed by atoms with van der Waals surface area (Å²) in [4.78, 5) is 24.7. The van der Waals surface area contributed by atoms with Crippen LogP contribution in [0.1, 0.15) is 41.1 Å². The molecule has 1 fully saturated rings. The number of piperidine rings is 1. The molecule has 0 bridgehead atoms. The molecule has 16 heteroatoms. The number of anilines is 1. The van der Waals surface area contributed by atoms with Gasteiger partial charge in [0.05, 0.1) is 34.0 Å². The van der Waals surface area contributed by atoms with Gasteiger partial charge < -0.3 is 15.2 Å². The summed E-state index contributed by atoms with van der Waals surface area (Å²) in [6, 6.07) is 0.428. The van der Waals surface area contributed by atoms with E-state index in [2.05, 4.69) is 25.6 Å². The summed E-state index contributed by atoms with van der Waals surface area (Å²) in [5.74, 6) is -0.625. The predicted molar refractivity (Wildman–Crippen MR) is 130 cm³/mol. The van der Waals surface area contributed by atoms with Crippen LogP contribution in [0.5, 0.6) is 0 Å². The van der Waals surface area contributed by atoms with E-state index < -0.39 is 51.8 Å². The number of aromatic nitrogens is 4. The van der Waals surface area contributed by atoms with Crippen LogP contribution in [-0.2, 0) is 28.8 Å². The lowest BCUT2D eigenvalue weighted by atomic mass is 10.0. The van der Waals surface area contributed by atoms with Crippen LogP contribution in [0.2, 0.25) is 0 Å². The Morgan fingerprint density at radius 2 is 2.00 bits per heavy atom. The molecule has 1 amide bonds. The molecule has 3 aromatic heterocycles. The van der Waals surface area contributed by atoms with Gasteiger partial charge in [-0.1, -0.05) is 0 Å². The van der Waals surface area contributed by atoms with E-state index in [0.29, 0.717) is 11.1 Å². The van der Waals surface area contributed by atoms with Gasteiger partial charge in [-0.15, -0.1) is 11.3 Å². The Morgan fingerprint density at radius 3 is 2.61 bits per heavy atom. The smallest absolute Gasteiger partial charge is 0.348 e. The molecule has 0 aliphatic carbocycles. The largest absolute Gasteiger partial charge is 0.420 e. The monoisotopic (exact) mass is 573 g/mol. The summed E-state index contributed by atoms with van der Waals surface area (Å²) in [6.45, 7) is 2.99. The second-order valence-electron chi connectivity index (χ2n) is 9.68. The minimum atomic E-state index is -4.77. The van der Waals surface area contributed by atoms with Crippen molar-refractivity contribution in [2.75, 3.05) is 18.4 Å². The standard InChI is InChI=1S/C22H23F4N7O3S2/c1-21(2)18-11(19(34)31-21)6-15(37-18)17-12(22(24,25)26)7-27-20(30-17)29-14-4-5-33(8-13(14)23)38(35,36)16-9-32(3)10-28-16/h6-7,9-10,13-14H,4-5,8H2,1-3H3,(H,31,34)(H,27,29,30)/t13-,14+/m1/s1. The van der Waals surface area contributed by atoms with Crippen molar-refractivity contribution in [3.05, 3.63) is 40.8 Å². The van der Waals surface area contributed by atoms with Crippen LogP contribution in [0, 0.1) is 0 Å². The Hall–Kier alpha value is -3.11. The maximum Gasteiger partial charge on any atom is 0.420 e. The number of fused-ring (bicyclic) bond motifs is 1. The van der Waals surface area contributed by atoms with Gasteiger partial charge in [0.25, 0.3) is 15.9 Å². The van der Waals surface area contributed by atoms with Crippen LogP contribution >= 0.6 is 11.3 Å². The number of sulfonamides is 1. The number of halogens is 4. The first-order valence-corrected chi connectivity index (χ1v) is 13.7. The number of carbonyl (C=O) groups is 1. The number of thiophene rings is 1. The first kappa shape index (κ1) is 26.5. The van der Waals surface area contributed by atoms with Gasteiger partial charge >= 0.3 is 6.18 Å². The molecule has 3 aromatic rings. The number of nitrogens with one attached hydrogen (secondary N) is 2. The number of imidazole rings is 1. The number of hydrogen-bond acceptors (Lipinski definition) is 8. The highest BCUT2D eigenvalue weighted by molar-refractivity contribution is 7.89. The topological polar surface area (TPSA) is 122 Å². The molecule has 0 aromatic carbocycles. The van der Waals surface area contributed by atoms with Crippen molar-refractivity contribution in [1.82, 2.24) is 29.1 Å². The second-order valence-corrected chi connectivity index (χ2v) is 12.6. The third-order valence-corrected chi connectivity index (χ3v) is 9.62. The fourth-order valence-corrected chi connectivity index (χ4v) is 7.12. The molecule has 2 aliphatic heterocycles. The average molecular weight is 574 g/mol. The van der Waals surface area contributed by atoms with Gasteiger partial charge in [-0.25, -0.2) is 27.8 Å². The van der Waals surface area contributed by atoms with E-state index in [9.17, 15) is 26.4 Å². The zero-order valence-corrected chi connectivity index (χ0v) is 22.0. The molecule has 0 radical (unpaired) electrons. The molecule has 5 heterocycles. The van der Waals surface area contributed by atoms with E-state index >= 15 is 4.39 Å². The highest BCUT2D eigenvalue weighted by atomic mass is 32.2. The molecule has 2 N–H and O–H groups in total. The minimum Gasteiger partial charge on any atom is -0.348 e. The van der Waals surface area contributed by atoms with Crippen LogP contribution in [0.15, 0.2) is 29.8 Å². The van der Waals surface area contributed by atoms with Crippen molar-refractivity contribution in [3.8, 4) is 10.6 Å². The zero-order chi connectivity index (χ0) is 27.6. The van der Waals surface area contributed by atoms with Crippen molar-refractivity contribution < 1.29 is 30.8 Å². The fourth-order valence-electron chi connectivity index (χ4n) is 4.47. The molecule has 0 unspecified atom stereocenters. The number of hydrogen-bond donors (Lipinski definition) is 2. The summed E-state index contributed by atoms with van der Waals surface area (Å²) < 4.78 is 84.5. The molecule has 5 rings (SSSR count). The molecule has 38 heavy (non-hydrogen) atoms. The van der Waals surface area contributed by atoms with Crippen LogP contribution in [0.3, 0.4) is 0 Å². The Labute approximate surface area is 219 Å². The molecule has 10 nitrogen and oxygen atoms in total. The predicted octanol–water partition coefficient (Wildman–Crippen LogP) is 3.15. The third kappa shape index (κ3) is 4.64. The van der Waals surface area contributed by atoms with Crippen molar-refractivity contribution >= 4 is 33.2 Å². The molecule has 0 saturated carbocycles. The van der Waals surface area contributed by atoms with Gasteiger partial charge in [0.1, 0.15) is 11.7 Å². The average Bonchev–Trinajstić information content (AvgIpc) is 3.51. The number of alkyl halides is 4. The molecule has 2 aliphatic rings. The van der Waals surface area contributed by atoms with E-state index in [0.717, 1.165) is 15.6 Å². The van der Waals surface area contributed by atoms with Gasteiger partial charge in [0.15, 0.2) is 5.03 Å². The summed E-state index contributed by atoms with van der Waals surface area (Å²) in [5.41, 5.74) is -1.98. The number of aryl methyl sites for hydroxylation is 1. The minimum absolute atomic E-state index is 0.0224. The first-order valence-electron chi connectivity index (χ1n) is 11.5. The summed E-state index contributed by atoms with van der Waals surface area (Å²) >= 11 is 1.02. The van der Waals surface area contributed by atoms with Crippen LogP contribution in [0.4, 0.5) is 23.5 Å². The van der Waals surface area contributed by atoms with E-state index in [4.69, 9.17) is 0 Å². The maximum absolute atomic E-state index is 15.1. The van der Waals surface area contributed by atoms with Crippen LogP contribution in [-0.4, -0.2) is 63.5 Å². The molecule has 1 saturated heterocycles. The molecular formula is C22H23F4N7O3S2. The van der Waals surface area contributed by atoms with Gasteiger partial charge in [-0.05, 0) is 26.3 Å². The lowest BCUT2D eigenvalue weighted by Crippen LogP contribution is -2.50. The summed E-state index contributed by atoms with van der Waals surface area (Å²) in [5, 5.41) is 5.30. The van der Waals surface area contributed by atoms with Gasteiger partial charge in [-0.2, -0.15) is 17.5 Å². The Kier molecular flexibility index (Phi) is 6.26. The van der Waals surface area contributed by atoms with Crippen molar-refractivity contribution in [3.63, 3.8) is 0 Å². The molecular weight excluding hydrogens is 550 g/mol. The first-order chi connectivity index (χ1) is 17.7. The molecule has 0 spiro atoms. The normalized spacial score (nSPS) is 21.8. The quantitative estimate of drug-likeness (QED) is 0.450. The second kappa shape index (κ2) is 8.98. The number of carbonyl (C=O) groups excluding carboxylic acids is 1. The van der Waals surface area contributed by atoms with Gasteiger partial charge in [0.2, 0.25) is 5.95 Å². The van der Waals surface area contributed by atoms with Crippen LogP contribution < -0.4 is 10.6 Å². The Bertz CT molecular complexity index is 1520. The maximum atomic E-state index is 15.1. The lowest BCUT2D eigenvalue weighted by molar-refractivity contribution is -0.137. The van der Waals surface area contributed by atoms with E-state index in [1.54, 1.807) is 20.9 Å². The Balaban J connectivity index is 1.40. The molecule has 204 valence electrons. The van der Waals surface area contributed by atoms with Gasteiger partial charge in [-0.3, -0.25) is 4.79 Å². The highest BCUT2D eigenvalue weighted by Crippen LogP contribution is 2.44. The summed E-state index contributed by atoms with van der Waals surface area (Å²) in [7, 11) is -2.39. The van der Waals surface area contributed by atoms with E-state index in [-0.39, 0.29) is 40.3 Å². The lowest BCUT2D eigenvalue weighted by Gasteiger charge is -2.33. The number of rotatable bonds is 5. The number of amides is 1. The van der Waals surface area contributed by atoms with Crippen molar-refractivity contribution in [2.45, 2.75) is 49.2 Å².